The first-order valence-corrected chi connectivity index (χ1v) is 18.5. The van der Waals surface area contributed by atoms with E-state index in [1.165, 1.54) is 92.7 Å². The molecule has 0 N–H and O–H groups in total. The normalized spacial score (nSPS) is 13.3. The Balaban J connectivity index is 1.38. The molecule has 246 valence electrons. The Bertz CT molecular complexity index is 3690. The van der Waals surface area contributed by atoms with Gasteiger partial charge >= 0.3 is 0 Å². The van der Waals surface area contributed by atoms with Crippen molar-refractivity contribution in [3.8, 4) is 0 Å². The summed E-state index contributed by atoms with van der Waals surface area (Å²) in [6.45, 7) is 9.51. The van der Waals surface area contributed by atoms with Crippen LogP contribution in [0, 0.1) is 0 Å². The summed E-state index contributed by atoms with van der Waals surface area (Å²) in [4.78, 5) is 0. The summed E-state index contributed by atoms with van der Waals surface area (Å²) in [5.74, 6) is 0.504. The molecule has 0 fully saturated rings. The molecule has 0 saturated heterocycles. The number of furan rings is 2. The van der Waals surface area contributed by atoms with Gasteiger partial charge in [-0.15, -0.1) is 0 Å². The third kappa shape index (κ3) is 2.91. The van der Waals surface area contributed by atoms with E-state index in [1.54, 1.807) is 0 Å². The molecule has 4 nitrogen and oxygen atoms in total. The third-order valence-corrected chi connectivity index (χ3v) is 12.2. The largest absolute Gasteiger partial charge is 0.456 e. The molecule has 7 aromatic carbocycles. The van der Waals surface area contributed by atoms with Gasteiger partial charge in [0.2, 0.25) is 0 Å². The van der Waals surface area contributed by atoms with Crippen molar-refractivity contribution in [2.24, 2.45) is 0 Å². The van der Waals surface area contributed by atoms with Crippen LogP contribution in [0.4, 0.5) is 0 Å². The maximum Gasteiger partial charge on any atom is 0.160 e. The fourth-order valence-corrected chi connectivity index (χ4v) is 10.4. The second kappa shape index (κ2) is 8.96. The first-order chi connectivity index (χ1) is 25.5. The van der Waals surface area contributed by atoms with Gasteiger partial charge < -0.3 is 17.6 Å². The van der Waals surface area contributed by atoms with Crippen LogP contribution in [0.2, 0.25) is 0 Å². The van der Waals surface area contributed by atoms with E-state index >= 15 is 0 Å². The maximum absolute atomic E-state index is 6.81. The van der Waals surface area contributed by atoms with Gasteiger partial charge in [0.25, 0.3) is 0 Å². The molecule has 13 aromatic rings. The zero-order chi connectivity index (χ0) is 34.3. The van der Waals surface area contributed by atoms with Crippen LogP contribution in [-0.2, 0) is 0 Å². The number of hydrogen-bond acceptors (Lipinski definition) is 2. The lowest BCUT2D eigenvalue weighted by atomic mass is 9.87. The molecule has 0 aliphatic rings. The molecule has 0 amide bonds. The Morgan fingerprint density at radius 3 is 1.48 bits per heavy atom. The highest BCUT2D eigenvalue weighted by molar-refractivity contribution is 6.35. The lowest BCUT2D eigenvalue weighted by molar-refractivity contribution is 0.669. The Kier molecular flexibility index (Phi) is 4.73. The molecule has 0 aliphatic heterocycles. The van der Waals surface area contributed by atoms with Crippen molar-refractivity contribution in [2.75, 3.05) is 0 Å². The lowest BCUT2D eigenvalue weighted by Crippen LogP contribution is -2.01. The van der Waals surface area contributed by atoms with E-state index in [2.05, 4.69) is 146 Å². The van der Waals surface area contributed by atoms with Crippen LogP contribution in [0.5, 0.6) is 0 Å². The van der Waals surface area contributed by atoms with Crippen molar-refractivity contribution in [1.29, 1.82) is 0 Å². The van der Waals surface area contributed by atoms with E-state index in [0.717, 1.165) is 38.5 Å². The van der Waals surface area contributed by atoms with Crippen LogP contribution in [-0.4, -0.2) is 8.80 Å². The van der Waals surface area contributed by atoms with Crippen LogP contribution in [0.3, 0.4) is 0 Å². The number of rotatable bonds is 2. The number of hydrogen-bond donors (Lipinski definition) is 0. The number of fused-ring (bicyclic) bond motifs is 20. The summed E-state index contributed by atoms with van der Waals surface area (Å²) in [5, 5.41) is 15.1. The van der Waals surface area contributed by atoms with Crippen LogP contribution in [0.25, 0.3) is 120 Å². The first-order valence-electron chi connectivity index (χ1n) is 18.5. The van der Waals surface area contributed by atoms with Gasteiger partial charge in [-0.05, 0) is 53.3 Å². The van der Waals surface area contributed by atoms with Gasteiger partial charge in [-0.25, -0.2) is 0 Å². The Hall–Kier alpha value is -6.26. The molecular formula is C48H32N2O2. The van der Waals surface area contributed by atoms with Gasteiger partial charge in [0.15, 0.2) is 5.58 Å². The Morgan fingerprint density at radius 2 is 0.827 bits per heavy atom. The van der Waals surface area contributed by atoms with Gasteiger partial charge in [0.05, 0.1) is 38.5 Å². The Morgan fingerprint density at radius 1 is 0.346 bits per heavy atom. The van der Waals surface area contributed by atoms with E-state index in [4.69, 9.17) is 8.83 Å². The minimum absolute atomic E-state index is 0.251. The predicted octanol–water partition coefficient (Wildman–Crippen LogP) is 14.0. The average molecular weight is 669 g/mol. The quantitative estimate of drug-likeness (QED) is 0.184. The molecular weight excluding hydrogens is 637 g/mol. The highest BCUT2D eigenvalue weighted by Gasteiger charge is 2.32. The molecule has 0 aliphatic carbocycles. The summed E-state index contributed by atoms with van der Waals surface area (Å²) in [5.41, 5.74) is 14.2. The Labute approximate surface area is 296 Å². The SMILES string of the molecule is CC(C)c1c2c3cccc4c5ccc6oc7ccccc7c6c5n(c2c(C(C)C)c2c5cccc6c7ccc8c9ccccc9oc8c7n(c12)c65)c43. The molecule has 13 rings (SSSR count). The standard InChI is InChI=1S/C48H32N2O2/c1-23(2)37-41-33-16-10-14-27-29-19-20-30-25-11-5-7-17-34(25)52-48(30)45(29)50(43(27)33)47(41)38(24(3)4)40-32-15-9-13-26-28-21-22-36-39(31-12-6-8-18-35(31)51-36)44(28)49(42(26)32)46(37)40/h5-24H,1-4H3. The summed E-state index contributed by atoms with van der Waals surface area (Å²) in [7, 11) is 0. The van der Waals surface area contributed by atoms with Crippen molar-refractivity contribution in [3.05, 3.63) is 120 Å². The van der Waals surface area contributed by atoms with Crippen molar-refractivity contribution >= 4 is 120 Å². The second-order valence-corrected chi connectivity index (χ2v) is 15.5. The van der Waals surface area contributed by atoms with E-state index in [0.29, 0.717) is 0 Å². The zero-order valence-corrected chi connectivity index (χ0v) is 29.3. The van der Waals surface area contributed by atoms with E-state index in [1.807, 2.05) is 0 Å². The smallest absolute Gasteiger partial charge is 0.160 e. The van der Waals surface area contributed by atoms with Crippen molar-refractivity contribution in [1.82, 2.24) is 8.80 Å². The molecule has 0 bridgehead atoms. The van der Waals surface area contributed by atoms with Crippen LogP contribution in [0.1, 0.15) is 50.7 Å². The average Bonchev–Trinajstić information content (AvgIpc) is 3.99. The molecule has 6 heterocycles. The molecule has 0 unspecified atom stereocenters. The molecule has 0 saturated carbocycles. The second-order valence-electron chi connectivity index (χ2n) is 15.5. The fraction of sp³-hybridized carbons (Fsp3) is 0.125. The number of nitrogens with zero attached hydrogens (tertiary/aromatic N) is 2. The third-order valence-electron chi connectivity index (χ3n) is 12.2. The van der Waals surface area contributed by atoms with Crippen molar-refractivity contribution < 1.29 is 8.83 Å². The van der Waals surface area contributed by atoms with Crippen LogP contribution < -0.4 is 0 Å². The van der Waals surface area contributed by atoms with Gasteiger partial charge in [-0.1, -0.05) is 107 Å². The summed E-state index contributed by atoms with van der Waals surface area (Å²) in [6.07, 6.45) is 0. The van der Waals surface area contributed by atoms with Gasteiger partial charge in [0, 0.05) is 59.2 Å². The monoisotopic (exact) mass is 668 g/mol. The van der Waals surface area contributed by atoms with Gasteiger partial charge in [-0.3, -0.25) is 0 Å². The van der Waals surface area contributed by atoms with E-state index in [-0.39, 0.29) is 11.8 Å². The zero-order valence-electron chi connectivity index (χ0n) is 29.3. The fourth-order valence-electron chi connectivity index (χ4n) is 10.4. The van der Waals surface area contributed by atoms with Crippen LogP contribution >= 0.6 is 0 Å². The molecule has 6 aromatic heterocycles. The molecule has 0 atom stereocenters. The molecule has 4 heteroatoms. The summed E-state index contributed by atoms with van der Waals surface area (Å²) >= 11 is 0. The van der Waals surface area contributed by atoms with E-state index < -0.39 is 0 Å². The van der Waals surface area contributed by atoms with Crippen molar-refractivity contribution in [2.45, 2.75) is 39.5 Å². The minimum atomic E-state index is 0.251. The molecule has 0 radical (unpaired) electrons. The highest BCUT2D eigenvalue weighted by atomic mass is 16.3. The predicted molar refractivity (Wildman–Crippen MR) is 218 cm³/mol. The van der Waals surface area contributed by atoms with Gasteiger partial charge in [-0.2, -0.15) is 0 Å². The number of benzene rings is 7. The topological polar surface area (TPSA) is 35.1 Å². The van der Waals surface area contributed by atoms with Gasteiger partial charge in [0.1, 0.15) is 16.7 Å². The minimum Gasteiger partial charge on any atom is -0.456 e. The maximum atomic E-state index is 6.81. The number of para-hydroxylation sites is 4. The molecule has 0 spiro atoms. The van der Waals surface area contributed by atoms with E-state index in [9.17, 15) is 0 Å². The first kappa shape index (κ1) is 27.5. The van der Waals surface area contributed by atoms with Crippen molar-refractivity contribution in [3.63, 3.8) is 0 Å². The summed E-state index contributed by atoms with van der Waals surface area (Å²) in [6, 6.07) is 39.8. The number of aromatic nitrogens is 2. The summed E-state index contributed by atoms with van der Waals surface area (Å²) < 4.78 is 18.6. The lowest BCUT2D eigenvalue weighted by Gasteiger charge is -2.19. The highest BCUT2D eigenvalue weighted by Crippen LogP contribution is 2.53. The van der Waals surface area contributed by atoms with Crippen LogP contribution in [0.15, 0.2) is 118 Å². The molecule has 52 heavy (non-hydrogen) atoms.